The summed E-state index contributed by atoms with van der Waals surface area (Å²) < 4.78 is 2.28. The summed E-state index contributed by atoms with van der Waals surface area (Å²) in [4.78, 5) is 4.91. The van der Waals surface area contributed by atoms with Gasteiger partial charge in [-0.3, -0.25) is 4.90 Å². The molecule has 0 bridgehead atoms. The SMILES string of the molecule is CN1CCN(Cc2cc3cc(N)ccc3n2C)CC1. The van der Waals surface area contributed by atoms with Gasteiger partial charge in [-0.1, -0.05) is 0 Å². The van der Waals surface area contributed by atoms with Gasteiger partial charge in [-0.15, -0.1) is 0 Å². The minimum atomic E-state index is 0.837. The Morgan fingerprint density at radius 1 is 1.05 bits per heavy atom. The second kappa shape index (κ2) is 4.87. The van der Waals surface area contributed by atoms with Gasteiger partial charge in [0, 0.05) is 62.1 Å². The van der Waals surface area contributed by atoms with Crippen LogP contribution in [0.5, 0.6) is 0 Å². The molecule has 4 heteroatoms. The van der Waals surface area contributed by atoms with Gasteiger partial charge in [0.05, 0.1) is 0 Å². The van der Waals surface area contributed by atoms with Crippen LogP contribution >= 0.6 is 0 Å². The van der Waals surface area contributed by atoms with Gasteiger partial charge in [-0.25, -0.2) is 0 Å². The molecule has 0 atom stereocenters. The number of nitrogens with two attached hydrogens (primary N) is 1. The minimum absolute atomic E-state index is 0.837. The van der Waals surface area contributed by atoms with Crippen LogP contribution in [-0.4, -0.2) is 47.6 Å². The molecular weight excluding hydrogens is 236 g/mol. The molecule has 19 heavy (non-hydrogen) atoms. The molecule has 4 nitrogen and oxygen atoms in total. The van der Waals surface area contributed by atoms with Gasteiger partial charge in [-0.2, -0.15) is 0 Å². The Balaban J connectivity index is 1.83. The average Bonchev–Trinajstić information content (AvgIpc) is 2.68. The summed E-state index contributed by atoms with van der Waals surface area (Å²) in [7, 11) is 4.33. The van der Waals surface area contributed by atoms with Crippen LogP contribution in [0.1, 0.15) is 5.69 Å². The fourth-order valence-corrected chi connectivity index (χ4v) is 2.81. The van der Waals surface area contributed by atoms with E-state index in [0.29, 0.717) is 0 Å². The number of fused-ring (bicyclic) bond motifs is 1. The molecule has 0 unspecified atom stereocenters. The topological polar surface area (TPSA) is 37.4 Å². The zero-order chi connectivity index (χ0) is 13.4. The van der Waals surface area contributed by atoms with Crippen molar-refractivity contribution in [3.63, 3.8) is 0 Å². The molecule has 0 aliphatic carbocycles. The molecule has 0 spiro atoms. The van der Waals surface area contributed by atoms with Crippen molar-refractivity contribution in [1.82, 2.24) is 14.4 Å². The lowest BCUT2D eigenvalue weighted by atomic mass is 10.2. The molecule has 0 amide bonds. The highest BCUT2D eigenvalue weighted by Crippen LogP contribution is 2.22. The molecule has 1 aliphatic heterocycles. The van der Waals surface area contributed by atoms with Crippen LogP contribution in [0.3, 0.4) is 0 Å². The van der Waals surface area contributed by atoms with E-state index in [2.05, 4.69) is 46.7 Å². The molecule has 2 N–H and O–H groups in total. The first kappa shape index (κ1) is 12.5. The molecule has 2 aromatic rings. The van der Waals surface area contributed by atoms with Gasteiger partial charge in [0.15, 0.2) is 0 Å². The maximum Gasteiger partial charge on any atom is 0.0481 e. The molecule has 102 valence electrons. The highest BCUT2D eigenvalue weighted by atomic mass is 15.2. The van der Waals surface area contributed by atoms with Crippen LogP contribution in [-0.2, 0) is 13.6 Å². The van der Waals surface area contributed by atoms with E-state index in [9.17, 15) is 0 Å². The Morgan fingerprint density at radius 2 is 1.79 bits per heavy atom. The quantitative estimate of drug-likeness (QED) is 0.830. The van der Waals surface area contributed by atoms with E-state index in [1.165, 1.54) is 16.6 Å². The van der Waals surface area contributed by atoms with Crippen molar-refractivity contribution < 1.29 is 0 Å². The van der Waals surface area contributed by atoms with Crippen molar-refractivity contribution in [3.05, 3.63) is 30.0 Å². The number of anilines is 1. The molecule has 0 saturated carbocycles. The number of aromatic nitrogens is 1. The van der Waals surface area contributed by atoms with Gasteiger partial charge in [0.1, 0.15) is 0 Å². The highest BCUT2D eigenvalue weighted by Gasteiger charge is 2.15. The third-order valence-electron chi connectivity index (χ3n) is 4.15. The van der Waals surface area contributed by atoms with Crippen LogP contribution in [0.4, 0.5) is 5.69 Å². The monoisotopic (exact) mass is 258 g/mol. The van der Waals surface area contributed by atoms with E-state index in [0.717, 1.165) is 38.4 Å². The summed E-state index contributed by atoms with van der Waals surface area (Å²) in [6.45, 7) is 5.66. The fraction of sp³-hybridized carbons (Fsp3) is 0.467. The summed E-state index contributed by atoms with van der Waals surface area (Å²) in [5.74, 6) is 0. The van der Waals surface area contributed by atoms with Gasteiger partial charge in [0.25, 0.3) is 0 Å². The lowest BCUT2D eigenvalue weighted by molar-refractivity contribution is 0.146. The number of aryl methyl sites for hydroxylation is 1. The summed E-state index contributed by atoms with van der Waals surface area (Å²) >= 11 is 0. The van der Waals surface area contributed by atoms with Crippen LogP contribution < -0.4 is 5.73 Å². The molecular formula is C15H22N4. The number of nitrogen functional groups attached to an aromatic ring is 1. The van der Waals surface area contributed by atoms with E-state index in [-0.39, 0.29) is 0 Å². The van der Waals surface area contributed by atoms with Gasteiger partial charge >= 0.3 is 0 Å². The molecule has 1 aliphatic rings. The van der Waals surface area contributed by atoms with Crippen molar-refractivity contribution in [2.75, 3.05) is 39.0 Å². The zero-order valence-electron chi connectivity index (χ0n) is 11.8. The molecule has 2 heterocycles. The zero-order valence-corrected chi connectivity index (χ0v) is 11.8. The number of rotatable bonds is 2. The summed E-state index contributed by atoms with van der Waals surface area (Å²) in [5, 5.41) is 1.24. The maximum absolute atomic E-state index is 5.86. The Kier molecular flexibility index (Phi) is 3.21. The van der Waals surface area contributed by atoms with Crippen molar-refractivity contribution in [2.45, 2.75) is 6.54 Å². The van der Waals surface area contributed by atoms with Gasteiger partial charge in [-0.05, 0) is 31.3 Å². The second-order valence-electron chi connectivity index (χ2n) is 5.59. The number of benzene rings is 1. The predicted molar refractivity (Wildman–Crippen MR) is 80.1 cm³/mol. The van der Waals surface area contributed by atoms with Crippen LogP contribution in [0, 0.1) is 0 Å². The minimum Gasteiger partial charge on any atom is -0.399 e. The number of piperazine rings is 1. The number of hydrogen-bond donors (Lipinski definition) is 1. The second-order valence-corrected chi connectivity index (χ2v) is 5.59. The van der Waals surface area contributed by atoms with Crippen molar-refractivity contribution >= 4 is 16.6 Å². The first-order chi connectivity index (χ1) is 9.13. The molecule has 0 radical (unpaired) electrons. The van der Waals surface area contributed by atoms with E-state index in [1.807, 2.05) is 6.07 Å². The van der Waals surface area contributed by atoms with Crippen molar-refractivity contribution in [1.29, 1.82) is 0 Å². The van der Waals surface area contributed by atoms with E-state index < -0.39 is 0 Å². The van der Waals surface area contributed by atoms with Crippen molar-refractivity contribution in [2.24, 2.45) is 7.05 Å². The van der Waals surface area contributed by atoms with Gasteiger partial charge in [0.2, 0.25) is 0 Å². The van der Waals surface area contributed by atoms with E-state index in [1.54, 1.807) is 0 Å². The Labute approximate surface area is 114 Å². The summed E-state index contributed by atoms with van der Waals surface area (Å²) in [5.41, 5.74) is 9.32. The maximum atomic E-state index is 5.86. The summed E-state index contributed by atoms with van der Waals surface area (Å²) in [6, 6.07) is 8.41. The normalized spacial score (nSPS) is 18.2. The number of hydrogen-bond acceptors (Lipinski definition) is 3. The van der Waals surface area contributed by atoms with Gasteiger partial charge < -0.3 is 15.2 Å². The molecule has 3 rings (SSSR count). The van der Waals surface area contributed by atoms with Crippen molar-refractivity contribution in [3.8, 4) is 0 Å². The highest BCUT2D eigenvalue weighted by molar-refractivity contribution is 5.84. The lowest BCUT2D eigenvalue weighted by Gasteiger charge is -2.32. The molecule has 1 saturated heterocycles. The third kappa shape index (κ3) is 2.46. The average molecular weight is 258 g/mol. The first-order valence-corrected chi connectivity index (χ1v) is 6.88. The predicted octanol–water partition coefficient (Wildman–Crippen LogP) is 1.51. The Bertz CT molecular complexity index is 579. The smallest absolute Gasteiger partial charge is 0.0481 e. The Hall–Kier alpha value is -1.52. The molecule has 1 aromatic carbocycles. The van der Waals surface area contributed by atoms with Crippen LogP contribution in [0.15, 0.2) is 24.3 Å². The van der Waals surface area contributed by atoms with E-state index in [4.69, 9.17) is 5.73 Å². The lowest BCUT2D eigenvalue weighted by Crippen LogP contribution is -2.44. The number of likely N-dealkylation sites (N-methyl/N-ethyl adjacent to an activating group) is 1. The van der Waals surface area contributed by atoms with E-state index >= 15 is 0 Å². The fourth-order valence-electron chi connectivity index (χ4n) is 2.81. The third-order valence-corrected chi connectivity index (χ3v) is 4.15. The largest absolute Gasteiger partial charge is 0.399 e. The molecule has 1 aromatic heterocycles. The first-order valence-electron chi connectivity index (χ1n) is 6.88. The Morgan fingerprint density at radius 3 is 2.53 bits per heavy atom. The molecule has 1 fully saturated rings. The number of nitrogens with zero attached hydrogens (tertiary/aromatic N) is 3. The van der Waals surface area contributed by atoms with Crippen LogP contribution in [0.25, 0.3) is 10.9 Å². The van der Waals surface area contributed by atoms with Crippen LogP contribution in [0.2, 0.25) is 0 Å². The standard InChI is InChI=1S/C15H22N4/c1-17-5-7-19(8-6-17)11-14-10-12-9-13(16)3-4-15(12)18(14)2/h3-4,9-10H,5-8,11,16H2,1-2H3. The summed E-state index contributed by atoms with van der Waals surface area (Å²) in [6.07, 6.45) is 0.